The van der Waals surface area contributed by atoms with E-state index in [1.807, 2.05) is 27.7 Å². The molecule has 2 amide bonds. The monoisotopic (exact) mass is 359 g/mol. The SMILES string of the molecule is CCN(CC(=O)Nc1cc(Cl)cc(Cl)c1)CC(=O)NC(C)(C)C. The maximum Gasteiger partial charge on any atom is 0.238 e. The van der Waals surface area contributed by atoms with Crippen LogP contribution in [0.3, 0.4) is 0 Å². The van der Waals surface area contributed by atoms with E-state index in [1.54, 1.807) is 23.1 Å². The Balaban J connectivity index is 2.57. The van der Waals surface area contributed by atoms with Gasteiger partial charge in [0.25, 0.3) is 0 Å². The maximum atomic E-state index is 12.1. The summed E-state index contributed by atoms with van der Waals surface area (Å²) < 4.78 is 0. The van der Waals surface area contributed by atoms with Gasteiger partial charge in [0.2, 0.25) is 11.8 Å². The quantitative estimate of drug-likeness (QED) is 0.819. The topological polar surface area (TPSA) is 61.4 Å². The number of benzene rings is 1. The summed E-state index contributed by atoms with van der Waals surface area (Å²) in [6.07, 6.45) is 0. The van der Waals surface area contributed by atoms with E-state index in [2.05, 4.69) is 10.6 Å². The van der Waals surface area contributed by atoms with Crippen LogP contribution in [0.15, 0.2) is 18.2 Å². The van der Waals surface area contributed by atoms with Gasteiger partial charge in [-0.1, -0.05) is 30.1 Å². The van der Waals surface area contributed by atoms with Crippen LogP contribution >= 0.6 is 23.2 Å². The van der Waals surface area contributed by atoms with E-state index in [-0.39, 0.29) is 30.4 Å². The lowest BCUT2D eigenvalue weighted by atomic mass is 10.1. The standard InChI is InChI=1S/C16H23Cl2N3O2/c1-5-21(10-15(23)20-16(2,3)4)9-14(22)19-13-7-11(17)6-12(18)8-13/h6-8H,5,9-10H2,1-4H3,(H,19,22)(H,20,23). The minimum atomic E-state index is -0.295. The molecule has 0 fully saturated rings. The maximum absolute atomic E-state index is 12.1. The number of nitrogens with zero attached hydrogens (tertiary/aromatic N) is 1. The van der Waals surface area contributed by atoms with E-state index in [1.165, 1.54) is 0 Å². The molecule has 128 valence electrons. The molecule has 0 aliphatic rings. The Morgan fingerprint density at radius 2 is 1.57 bits per heavy atom. The van der Waals surface area contributed by atoms with Crippen LogP contribution in [0.5, 0.6) is 0 Å². The van der Waals surface area contributed by atoms with Crippen LogP contribution in [-0.4, -0.2) is 41.9 Å². The molecule has 1 aromatic carbocycles. The van der Waals surface area contributed by atoms with Gasteiger partial charge in [0.15, 0.2) is 0 Å². The largest absolute Gasteiger partial charge is 0.350 e. The second kappa shape index (κ2) is 8.52. The van der Waals surface area contributed by atoms with Crippen molar-refractivity contribution in [3.8, 4) is 0 Å². The molecule has 0 heterocycles. The summed E-state index contributed by atoms with van der Waals surface area (Å²) in [4.78, 5) is 25.8. The highest BCUT2D eigenvalue weighted by Crippen LogP contribution is 2.22. The summed E-state index contributed by atoms with van der Waals surface area (Å²) in [6.45, 7) is 8.50. The second-order valence-electron chi connectivity index (χ2n) is 6.31. The first-order valence-corrected chi connectivity index (χ1v) is 8.14. The third-order valence-corrected chi connectivity index (χ3v) is 3.28. The number of likely N-dealkylation sites (N-methyl/N-ethyl adjacent to an activating group) is 1. The summed E-state index contributed by atoms with van der Waals surface area (Å²) in [6, 6.07) is 4.83. The molecule has 5 nitrogen and oxygen atoms in total. The average molecular weight is 360 g/mol. The number of rotatable bonds is 6. The van der Waals surface area contributed by atoms with Gasteiger partial charge in [-0.15, -0.1) is 0 Å². The molecule has 0 radical (unpaired) electrons. The van der Waals surface area contributed by atoms with Crippen LogP contribution in [0.25, 0.3) is 0 Å². The fraction of sp³-hybridized carbons (Fsp3) is 0.500. The van der Waals surface area contributed by atoms with Gasteiger partial charge in [0.1, 0.15) is 0 Å². The first kappa shape index (κ1) is 19.7. The molecule has 0 atom stereocenters. The van der Waals surface area contributed by atoms with Crippen molar-refractivity contribution in [1.29, 1.82) is 0 Å². The zero-order chi connectivity index (χ0) is 17.6. The highest BCUT2D eigenvalue weighted by atomic mass is 35.5. The molecule has 0 spiro atoms. The molecule has 0 aliphatic heterocycles. The van der Waals surface area contributed by atoms with E-state index in [0.717, 1.165) is 0 Å². The lowest BCUT2D eigenvalue weighted by molar-refractivity contribution is -0.124. The highest BCUT2D eigenvalue weighted by Gasteiger charge is 2.17. The van der Waals surface area contributed by atoms with Crippen molar-refractivity contribution in [2.24, 2.45) is 0 Å². The number of hydrogen-bond acceptors (Lipinski definition) is 3. The summed E-state index contributed by atoms with van der Waals surface area (Å²) in [7, 11) is 0. The van der Waals surface area contributed by atoms with Gasteiger partial charge < -0.3 is 10.6 Å². The minimum Gasteiger partial charge on any atom is -0.350 e. The van der Waals surface area contributed by atoms with E-state index in [9.17, 15) is 9.59 Å². The van der Waals surface area contributed by atoms with Crippen LogP contribution in [0.2, 0.25) is 10.0 Å². The van der Waals surface area contributed by atoms with Crippen molar-refractivity contribution in [3.63, 3.8) is 0 Å². The van der Waals surface area contributed by atoms with Crippen molar-refractivity contribution in [2.45, 2.75) is 33.2 Å². The first-order valence-electron chi connectivity index (χ1n) is 7.38. The van der Waals surface area contributed by atoms with E-state index in [4.69, 9.17) is 23.2 Å². The lowest BCUT2D eigenvalue weighted by Gasteiger charge is -2.24. The number of carbonyl (C=O) groups excluding carboxylic acids is 2. The summed E-state index contributed by atoms with van der Waals surface area (Å²) in [5.41, 5.74) is 0.235. The van der Waals surface area contributed by atoms with Crippen molar-refractivity contribution >= 4 is 40.7 Å². The predicted octanol–water partition coefficient (Wildman–Crippen LogP) is 3.17. The zero-order valence-electron chi connectivity index (χ0n) is 13.9. The van der Waals surface area contributed by atoms with Crippen LogP contribution in [0.4, 0.5) is 5.69 Å². The van der Waals surface area contributed by atoms with Crippen LogP contribution < -0.4 is 10.6 Å². The predicted molar refractivity (Wildman–Crippen MR) is 95.1 cm³/mol. The Kier molecular flexibility index (Phi) is 7.32. The number of nitrogens with one attached hydrogen (secondary N) is 2. The first-order chi connectivity index (χ1) is 10.6. The third-order valence-electron chi connectivity index (χ3n) is 2.84. The molecule has 0 saturated carbocycles. The minimum absolute atomic E-state index is 0.109. The molecule has 1 rings (SSSR count). The molecule has 0 bridgehead atoms. The molecule has 0 aromatic heterocycles. The number of amides is 2. The van der Waals surface area contributed by atoms with E-state index < -0.39 is 0 Å². The molecular formula is C16H23Cl2N3O2. The average Bonchev–Trinajstić information content (AvgIpc) is 2.33. The number of carbonyl (C=O) groups is 2. The number of halogens is 2. The molecule has 2 N–H and O–H groups in total. The van der Waals surface area contributed by atoms with Gasteiger partial charge in [-0.3, -0.25) is 14.5 Å². The molecule has 7 heteroatoms. The third kappa shape index (κ3) is 8.21. The van der Waals surface area contributed by atoms with Gasteiger partial charge in [-0.05, 0) is 45.5 Å². The number of anilines is 1. The highest BCUT2D eigenvalue weighted by molar-refractivity contribution is 6.35. The fourth-order valence-electron chi connectivity index (χ4n) is 1.97. The van der Waals surface area contributed by atoms with Crippen LogP contribution in [0.1, 0.15) is 27.7 Å². The Morgan fingerprint density at radius 3 is 2.04 bits per heavy atom. The van der Waals surface area contributed by atoms with Gasteiger partial charge in [-0.2, -0.15) is 0 Å². The Bertz CT molecular complexity index is 551. The Morgan fingerprint density at radius 1 is 1.04 bits per heavy atom. The number of hydrogen-bond donors (Lipinski definition) is 2. The zero-order valence-corrected chi connectivity index (χ0v) is 15.4. The lowest BCUT2D eigenvalue weighted by Crippen LogP contribution is -2.47. The van der Waals surface area contributed by atoms with E-state index >= 15 is 0 Å². The summed E-state index contributed by atoms with van der Waals surface area (Å²) >= 11 is 11.8. The smallest absolute Gasteiger partial charge is 0.238 e. The molecule has 0 saturated heterocycles. The Hall–Kier alpha value is -1.30. The molecule has 0 aliphatic carbocycles. The molecule has 0 unspecified atom stereocenters. The van der Waals surface area contributed by atoms with Crippen LogP contribution in [-0.2, 0) is 9.59 Å². The summed E-state index contributed by atoms with van der Waals surface area (Å²) in [5, 5.41) is 6.50. The Labute approximate surface area is 147 Å². The van der Waals surface area contributed by atoms with Gasteiger partial charge in [-0.25, -0.2) is 0 Å². The second-order valence-corrected chi connectivity index (χ2v) is 7.18. The molecular weight excluding hydrogens is 337 g/mol. The van der Waals surface area contributed by atoms with E-state index in [0.29, 0.717) is 22.3 Å². The van der Waals surface area contributed by atoms with Crippen molar-refractivity contribution in [1.82, 2.24) is 10.2 Å². The van der Waals surface area contributed by atoms with Gasteiger partial charge >= 0.3 is 0 Å². The van der Waals surface area contributed by atoms with Crippen molar-refractivity contribution in [3.05, 3.63) is 28.2 Å². The van der Waals surface area contributed by atoms with Gasteiger partial charge in [0.05, 0.1) is 13.1 Å². The fourth-order valence-corrected chi connectivity index (χ4v) is 2.50. The van der Waals surface area contributed by atoms with Crippen LogP contribution in [0, 0.1) is 0 Å². The van der Waals surface area contributed by atoms with Crippen molar-refractivity contribution < 1.29 is 9.59 Å². The molecule has 23 heavy (non-hydrogen) atoms. The molecule has 1 aromatic rings. The van der Waals surface area contributed by atoms with Crippen molar-refractivity contribution in [2.75, 3.05) is 25.0 Å². The summed E-state index contributed by atoms with van der Waals surface area (Å²) in [5.74, 6) is -0.341. The van der Waals surface area contributed by atoms with Gasteiger partial charge in [0, 0.05) is 21.3 Å². The normalized spacial score (nSPS) is 11.4.